The van der Waals surface area contributed by atoms with Gasteiger partial charge in [0.05, 0.1) is 11.1 Å². The molecule has 7 heteroatoms. The van der Waals surface area contributed by atoms with E-state index >= 15 is 0 Å². The van der Waals surface area contributed by atoms with E-state index in [0.29, 0.717) is 6.54 Å². The predicted octanol–water partition coefficient (Wildman–Crippen LogP) is 3.94. The number of dihydropyridines is 1. The van der Waals surface area contributed by atoms with Crippen molar-refractivity contribution >= 4 is 34.6 Å². The third-order valence-corrected chi connectivity index (χ3v) is 4.83. The molecule has 3 rings (SSSR count). The number of aromatic amines is 1. The van der Waals surface area contributed by atoms with Crippen LogP contribution in [-0.4, -0.2) is 41.0 Å². The van der Waals surface area contributed by atoms with Gasteiger partial charge in [0.25, 0.3) is 0 Å². The summed E-state index contributed by atoms with van der Waals surface area (Å²) in [6.07, 6.45) is 18.3. The summed E-state index contributed by atoms with van der Waals surface area (Å²) in [5.41, 5.74) is 12.9. The molecule has 0 saturated carbocycles. The Bertz CT molecular complexity index is 1180. The molecule has 2 aromatic rings. The predicted molar refractivity (Wildman–Crippen MR) is 131 cm³/mol. The van der Waals surface area contributed by atoms with Gasteiger partial charge in [-0.05, 0) is 31.6 Å². The van der Waals surface area contributed by atoms with Gasteiger partial charge >= 0.3 is 0 Å². The number of hydrogen-bond donors (Lipinski definition) is 3. The summed E-state index contributed by atoms with van der Waals surface area (Å²) in [6, 6.07) is 0. The number of aliphatic imine (C=N–C) groups is 2. The van der Waals surface area contributed by atoms with Gasteiger partial charge in [-0.1, -0.05) is 18.7 Å². The average molecular weight is 414 g/mol. The zero-order chi connectivity index (χ0) is 22.2. The Morgan fingerprint density at radius 2 is 2.13 bits per heavy atom. The van der Waals surface area contributed by atoms with Crippen LogP contribution in [0.25, 0.3) is 22.2 Å². The van der Waals surface area contributed by atoms with Gasteiger partial charge in [0.15, 0.2) is 0 Å². The third-order valence-electron chi connectivity index (χ3n) is 4.83. The van der Waals surface area contributed by atoms with Crippen LogP contribution in [0.1, 0.15) is 25.1 Å². The molecule has 0 atom stereocenters. The number of allylic oxidation sites excluding steroid dienone is 8. The van der Waals surface area contributed by atoms with Gasteiger partial charge in [0.2, 0.25) is 0 Å². The van der Waals surface area contributed by atoms with Gasteiger partial charge in [0.1, 0.15) is 12.0 Å². The molecule has 0 aromatic carbocycles. The highest BCUT2D eigenvalue weighted by Gasteiger charge is 2.17. The number of aromatic nitrogens is 3. The fraction of sp³-hybridized carbons (Fsp3) is 0.167. The topological polar surface area (TPSA) is 104 Å². The van der Waals surface area contributed by atoms with Gasteiger partial charge in [0, 0.05) is 72.6 Å². The summed E-state index contributed by atoms with van der Waals surface area (Å²) < 4.78 is 0. The summed E-state index contributed by atoms with van der Waals surface area (Å²) >= 11 is 0. The number of fused-ring (bicyclic) bond motifs is 1. The van der Waals surface area contributed by atoms with Crippen LogP contribution in [0, 0.1) is 0 Å². The molecule has 1 aliphatic rings. The van der Waals surface area contributed by atoms with Gasteiger partial charge in [-0.15, -0.1) is 0 Å². The molecule has 0 unspecified atom stereocenters. The molecule has 0 aliphatic carbocycles. The first-order chi connectivity index (χ1) is 15.2. The molecule has 1 aliphatic heterocycles. The molecule has 3 heterocycles. The largest absolute Gasteiger partial charge is 0.404 e. The summed E-state index contributed by atoms with van der Waals surface area (Å²) in [4.78, 5) is 20.7. The Morgan fingerprint density at radius 1 is 1.29 bits per heavy atom. The van der Waals surface area contributed by atoms with Crippen LogP contribution < -0.4 is 11.1 Å². The number of H-pyrrole nitrogens is 1. The van der Waals surface area contributed by atoms with Gasteiger partial charge in [-0.2, -0.15) is 0 Å². The van der Waals surface area contributed by atoms with Gasteiger partial charge in [-0.25, -0.2) is 9.97 Å². The molecule has 7 nitrogen and oxygen atoms in total. The molecule has 0 amide bonds. The minimum atomic E-state index is 0.710. The first-order valence-corrected chi connectivity index (χ1v) is 10.0. The Balaban J connectivity index is 2.20. The number of nitrogens with one attached hydrogen (secondary N) is 2. The van der Waals surface area contributed by atoms with Crippen molar-refractivity contribution in [2.24, 2.45) is 15.7 Å². The third kappa shape index (κ3) is 4.45. The Kier molecular flexibility index (Phi) is 7.11. The van der Waals surface area contributed by atoms with E-state index in [1.807, 2.05) is 44.6 Å². The first-order valence-electron chi connectivity index (χ1n) is 10.0. The highest BCUT2D eigenvalue weighted by atomic mass is 14.9. The van der Waals surface area contributed by atoms with Gasteiger partial charge < -0.3 is 16.0 Å². The summed E-state index contributed by atoms with van der Waals surface area (Å²) in [5.74, 6) is 0. The quantitative estimate of drug-likeness (QED) is 0.598. The van der Waals surface area contributed by atoms with Crippen molar-refractivity contribution in [3.05, 3.63) is 83.9 Å². The van der Waals surface area contributed by atoms with E-state index in [1.165, 1.54) is 6.20 Å². The highest BCUT2D eigenvalue weighted by Crippen LogP contribution is 2.32. The number of nitrogens with two attached hydrogens (primary N) is 1. The molecule has 2 aromatic heterocycles. The lowest BCUT2D eigenvalue weighted by Gasteiger charge is -2.16. The average Bonchev–Trinajstić information content (AvgIpc) is 3.24. The van der Waals surface area contributed by atoms with E-state index < -0.39 is 0 Å². The number of rotatable bonds is 7. The van der Waals surface area contributed by atoms with E-state index in [-0.39, 0.29) is 0 Å². The fourth-order valence-electron chi connectivity index (χ4n) is 3.39. The van der Waals surface area contributed by atoms with Crippen molar-refractivity contribution in [2.75, 3.05) is 13.6 Å². The lowest BCUT2D eigenvalue weighted by molar-refractivity contribution is 1.08. The maximum atomic E-state index is 5.81. The summed E-state index contributed by atoms with van der Waals surface area (Å²) in [5, 5.41) is 4.22. The van der Waals surface area contributed by atoms with Crippen molar-refractivity contribution in [1.29, 1.82) is 0 Å². The van der Waals surface area contributed by atoms with E-state index in [0.717, 1.165) is 50.3 Å². The van der Waals surface area contributed by atoms with E-state index in [2.05, 4.69) is 42.9 Å². The SMILES string of the molecule is C=CC(/C(C=NC)=C/N)=C1/C=C(c2c[nH]c3ncnc(/C(C=NCC)=C/C)c23)C=CN1. The van der Waals surface area contributed by atoms with Crippen LogP contribution in [-0.2, 0) is 0 Å². The molecule has 0 bridgehead atoms. The molecule has 158 valence electrons. The second-order valence-corrected chi connectivity index (χ2v) is 6.64. The molecule has 0 fully saturated rings. The van der Waals surface area contributed by atoms with Crippen molar-refractivity contribution in [3.63, 3.8) is 0 Å². The zero-order valence-corrected chi connectivity index (χ0v) is 18.1. The second-order valence-electron chi connectivity index (χ2n) is 6.64. The molecule has 0 radical (unpaired) electrons. The van der Waals surface area contributed by atoms with E-state index in [1.54, 1.807) is 25.7 Å². The molecule has 0 spiro atoms. The van der Waals surface area contributed by atoms with E-state index in [4.69, 9.17) is 5.73 Å². The Hall–Kier alpha value is -4.00. The van der Waals surface area contributed by atoms with Crippen LogP contribution in [0.2, 0.25) is 0 Å². The van der Waals surface area contributed by atoms with Crippen molar-refractivity contribution in [2.45, 2.75) is 13.8 Å². The second kappa shape index (κ2) is 10.2. The number of nitrogens with zero attached hydrogens (tertiary/aromatic N) is 4. The maximum absolute atomic E-state index is 5.81. The molecular weight excluding hydrogens is 386 g/mol. The van der Waals surface area contributed by atoms with Crippen LogP contribution in [0.4, 0.5) is 0 Å². The monoisotopic (exact) mass is 413 g/mol. The molecule has 0 saturated heterocycles. The maximum Gasteiger partial charge on any atom is 0.141 e. The van der Waals surface area contributed by atoms with Crippen LogP contribution in [0.15, 0.2) is 82.6 Å². The Labute approximate surface area is 182 Å². The Morgan fingerprint density at radius 3 is 2.81 bits per heavy atom. The van der Waals surface area contributed by atoms with Crippen LogP contribution >= 0.6 is 0 Å². The number of hydrogen-bond acceptors (Lipinski definition) is 6. The lowest BCUT2D eigenvalue weighted by Crippen LogP contribution is -2.11. The fourth-order valence-corrected chi connectivity index (χ4v) is 3.39. The molecular formula is C24H27N7. The first kappa shape index (κ1) is 21.7. The smallest absolute Gasteiger partial charge is 0.141 e. The summed E-state index contributed by atoms with van der Waals surface area (Å²) in [6.45, 7) is 8.64. The van der Waals surface area contributed by atoms with Crippen molar-refractivity contribution < 1.29 is 0 Å². The van der Waals surface area contributed by atoms with Gasteiger partial charge in [-0.3, -0.25) is 9.98 Å². The normalized spacial score (nSPS) is 16.8. The minimum Gasteiger partial charge on any atom is -0.404 e. The van der Waals surface area contributed by atoms with Crippen molar-refractivity contribution in [3.8, 4) is 0 Å². The standard InChI is InChI=1S/C24H27N7/c1-5-16(13-27-7-3)23-22-20(14-29-24(22)31-15-30-23)17-8-9-28-21(10-17)19(6-2)18(11-25)12-26-4/h5-6,8-15,28H,2,7,25H2,1,3-4H3,(H,29,30,31)/b16-5+,18-11+,21-19+,26-12?,27-13?. The lowest BCUT2D eigenvalue weighted by atomic mass is 9.97. The molecule has 4 N–H and O–H groups in total. The van der Waals surface area contributed by atoms with E-state index in [9.17, 15) is 0 Å². The zero-order valence-electron chi connectivity index (χ0n) is 18.1. The van der Waals surface area contributed by atoms with Crippen LogP contribution in [0.3, 0.4) is 0 Å². The van der Waals surface area contributed by atoms with Crippen LogP contribution in [0.5, 0.6) is 0 Å². The van der Waals surface area contributed by atoms with Crippen molar-refractivity contribution in [1.82, 2.24) is 20.3 Å². The summed E-state index contributed by atoms with van der Waals surface area (Å²) in [7, 11) is 1.71. The molecule has 31 heavy (non-hydrogen) atoms. The minimum absolute atomic E-state index is 0.710. The highest BCUT2D eigenvalue weighted by molar-refractivity contribution is 6.15.